The van der Waals surface area contributed by atoms with Crippen molar-refractivity contribution in [2.75, 3.05) is 6.54 Å². The van der Waals surface area contributed by atoms with Gasteiger partial charge >= 0.3 is 0 Å². The van der Waals surface area contributed by atoms with Crippen LogP contribution in [-0.2, 0) is 22.9 Å². The Hall–Kier alpha value is -0.870. The summed E-state index contributed by atoms with van der Waals surface area (Å²) in [4.78, 5) is 0.419. The van der Waals surface area contributed by atoms with E-state index in [1.165, 1.54) is 11.1 Å². The molecule has 0 radical (unpaired) electrons. The minimum absolute atomic E-state index is 0.419. The molecule has 20 heavy (non-hydrogen) atoms. The fraction of sp³-hybridized carbons (Fsp3) is 0.625. The standard InChI is InChI=1S/C16H25NO2S/c1-13(2)6-3-4-11-17-20(18,19)16-10-9-14-7-5-8-15(14)12-16/h9-10,12-13,17H,3-8,11H2,1-2H3. The maximum Gasteiger partial charge on any atom is 0.240 e. The number of fused-ring (bicyclic) bond motifs is 1. The summed E-state index contributed by atoms with van der Waals surface area (Å²) < 4.78 is 27.1. The molecule has 4 heteroatoms. The predicted octanol–water partition coefficient (Wildman–Crippen LogP) is 3.28. The molecule has 0 aliphatic heterocycles. The highest BCUT2D eigenvalue weighted by molar-refractivity contribution is 7.89. The van der Waals surface area contributed by atoms with Crippen LogP contribution in [0.3, 0.4) is 0 Å². The predicted molar refractivity (Wildman–Crippen MR) is 82.3 cm³/mol. The zero-order valence-electron chi connectivity index (χ0n) is 12.5. The van der Waals surface area contributed by atoms with E-state index >= 15 is 0 Å². The van der Waals surface area contributed by atoms with Gasteiger partial charge in [-0.15, -0.1) is 0 Å². The summed E-state index contributed by atoms with van der Waals surface area (Å²) in [7, 11) is -3.33. The van der Waals surface area contributed by atoms with Gasteiger partial charge in [-0.3, -0.25) is 0 Å². The molecule has 1 aliphatic rings. The molecule has 1 N–H and O–H groups in total. The van der Waals surface area contributed by atoms with Crippen molar-refractivity contribution in [1.29, 1.82) is 0 Å². The molecule has 0 atom stereocenters. The lowest BCUT2D eigenvalue weighted by Gasteiger charge is -2.09. The van der Waals surface area contributed by atoms with Gasteiger partial charge in [0.2, 0.25) is 10.0 Å². The van der Waals surface area contributed by atoms with Gasteiger partial charge in [-0.1, -0.05) is 32.8 Å². The molecule has 0 bridgehead atoms. The number of sulfonamides is 1. The average Bonchev–Trinajstić information content (AvgIpc) is 2.85. The summed E-state index contributed by atoms with van der Waals surface area (Å²) in [6.07, 6.45) is 6.36. The monoisotopic (exact) mass is 295 g/mol. The third kappa shape index (κ3) is 4.06. The van der Waals surface area contributed by atoms with Gasteiger partial charge in [0.05, 0.1) is 4.90 Å². The molecule has 0 unspecified atom stereocenters. The highest BCUT2D eigenvalue weighted by Crippen LogP contribution is 2.24. The summed E-state index contributed by atoms with van der Waals surface area (Å²) in [6, 6.07) is 5.55. The molecule has 0 fully saturated rings. The van der Waals surface area contributed by atoms with Crippen molar-refractivity contribution >= 4 is 10.0 Å². The molecule has 0 heterocycles. The molecule has 0 saturated carbocycles. The number of rotatable bonds is 7. The van der Waals surface area contributed by atoms with Crippen LogP contribution in [0.15, 0.2) is 23.1 Å². The van der Waals surface area contributed by atoms with E-state index in [0.717, 1.165) is 38.5 Å². The second-order valence-corrected chi connectivity index (χ2v) is 7.84. The van der Waals surface area contributed by atoms with Crippen molar-refractivity contribution in [3.8, 4) is 0 Å². The lowest BCUT2D eigenvalue weighted by molar-refractivity contribution is 0.530. The molecule has 1 aliphatic carbocycles. The molecule has 112 valence electrons. The maximum atomic E-state index is 12.2. The Labute approximate surface area is 122 Å². The number of aryl methyl sites for hydroxylation is 2. The number of nitrogens with one attached hydrogen (secondary N) is 1. The highest BCUT2D eigenvalue weighted by atomic mass is 32.2. The molecule has 1 aromatic carbocycles. The molecular formula is C16H25NO2S. The zero-order valence-corrected chi connectivity index (χ0v) is 13.3. The Morgan fingerprint density at radius 2 is 1.90 bits per heavy atom. The molecule has 0 spiro atoms. The second-order valence-electron chi connectivity index (χ2n) is 6.07. The maximum absolute atomic E-state index is 12.2. The minimum Gasteiger partial charge on any atom is -0.211 e. The number of hydrogen-bond acceptors (Lipinski definition) is 2. The number of hydrogen-bond donors (Lipinski definition) is 1. The zero-order chi connectivity index (χ0) is 14.6. The minimum atomic E-state index is -3.33. The first-order valence-electron chi connectivity index (χ1n) is 7.60. The Morgan fingerprint density at radius 1 is 1.15 bits per heavy atom. The van der Waals surface area contributed by atoms with E-state index in [-0.39, 0.29) is 0 Å². The summed E-state index contributed by atoms with van der Waals surface area (Å²) in [5.41, 5.74) is 2.51. The van der Waals surface area contributed by atoms with E-state index in [9.17, 15) is 8.42 Å². The first-order chi connectivity index (χ1) is 9.49. The first kappa shape index (κ1) is 15.5. The van der Waals surface area contributed by atoms with Gasteiger partial charge in [-0.2, -0.15) is 0 Å². The normalized spacial score (nSPS) is 14.8. The molecular weight excluding hydrogens is 270 g/mol. The topological polar surface area (TPSA) is 46.2 Å². The van der Waals surface area contributed by atoms with Gasteiger partial charge < -0.3 is 0 Å². The third-order valence-corrected chi connectivity index (χ3v) is 5.34. The van der Waals surface area contributed by atoms with E-state index < -0.39 is 10.0 Å². The largest absolute Gasteiger partial charge is 0.240 e. The van der Waals surface area contributed by atoms with E-state index in [2.05, 4.69) is 18.6 Å². The smallest absolute Gasteiger partial charge is 0.211 e. The number of benzene rings is 1. The molecule has 0 saturated heterocycles. The van der Waals surface area contributed by atoms with Crippen LogP contribution >= 0.6 is 0 Å². The van der Waals surface area contributed by atoms with Crippen LogP contribution in [0.1, 0.15) is 50.7 Å². The van der Waals surface area contributed by atoms with Crippen LogP contribution < -0.4 is 4.72 Å². The van der Waals surface area contributed by atoms with Crippen LogP contribution in [0, 0.1) is 5.92 Å². The van der Waals surface area contributed by atoms with Crippen molar-refractivity contribution in [3.05, 3.63) is 29.3 Å². The quantitative estimate of drug-likeness (QED) is 0.785. The third-order valence-electron chi connectivity index (χ3n) is 3.88. The average molecular weight is 295 g/mol. The second kappa shape index (κ2) is 6.72. The molecule has 3 nitrogen and oxygen atoms in total. The highest BCUT2D eigenvalue weighted by Gasteiger charge is 2.17. The van der Waals surface area contributed by atoms with Crippen LogP contribution in [-0.4, -0.2) is 15.0 Å². The van der Waals surface area contributed by atoms with E-state index in [4.69, 9.17) is 0 Å². The summed E-state index contributed by atoms with van der Waals surface area (Å²) >= 11 is 0. The van der Waals surface area contributed by atoms with E-state index in [1.54, 1.807) is 6.07 Å². The summed E-state index contributed by atoms with van der Waals surface area (Å²) in [6.45, 7) is 4.91. The van der Waals surface area contributed by atoms with E-state index in [0.29, 0.717) is 17.4 Å². The molecule has 0 amide bonds. The van der Waals surface area contributed by atoms with Crippen LogP contribution in [0.25, 0.3) is 0 Å². The number of unbranched alkanes of at least 4 members (excludes halogenated alkanes) is 1. The summed E-state index contributed by atoms with van der Waals surface area (Å²) in [5, 5.41) is 0. The van der Waals surface area contributed by atoms with E-state index in [1.807, 2.05) is 12.1 Å². The van der Waals surface area contributed by atoms with Crippen LogP contribution in [0.2, 0.25) is 0 Å². The van der Waals surface area contributed by atoms with Gasteiger partial charge in [-0.25, -0.2) is 13.1 Å². The van der Waals surface area contributed by atoms with Crippen molar-refractivity contribution in [2.24, 2.45) is 5.92 Å². The fourth-order valence-corrected chi connectivity index (χ4v) is 3.81. The van der Waals surface area contributed by atoms with Gasteiger partial charge in [0, 0.05) is 6.54 Å². The fourth-order valence-electron chi connectivity index (χ4n) is 2.68. The SMILES string of the molecule is CC(C)CCCCNS(=O)(=O)c1ccc2c(c1)CCC2. The Bertz CT molecular complexity index is 550. The molecule has 1 aromatic rings. The van der Waals surface area contributed by atoms with Crippen molar-refractivity contribution < 1.29 is 8.42 Å². The van der Waals surface area contributed by atoms with Crippen LogP contribution in [0.4, 0.5) is 0 Å². The van der Waals surface area contributed by atoms with Crippen molar-refractivity contribution in [2.45, 2.75) is 57.3 Å². The Balaban J connectivity index is 1.90. The van der Waals surface area contributed by atoms with Gasteiger partial charge in [-0.05, 0) is 54.9 Å². The lowest BCUT2D eigenvalue weighted by Crippen LogP contribution is -2.25. The van der Waals surface area contributed by atoms with Gasteiger partial charge in [0.15, 0.2) is 0 Å². The van der Waals surface area contributed by atoms with Gasteiger partial charge in [0.1, 0.15) is 0 Å². The van der Waals surface area contributed by atoms with Crippen LogP contribution in [0.5, 0.6) is 0 Å². The van der Waals surface area contributed by atoms with Crippen molar-refractivity contribution in [1.82, 2.24) is 4.72 Å². The van der Waals surface area contributed by atoms with Gasteiger partial charge in [0.25, 0.3) is 0 Å². The summed E-state index contributed by atoms with van der Waals surface area (Å²) in [5.74, 6) is 0.684. The first-order valence-corrected chi connectivity index (χ1v) is 9.09. The van der Waals surface area contributed by atoms with Crippen molar-refractivity contribution in [3.63, 3.8) is 0 Å². The molecule has 2 rings (SSSR count). The Kier molecular flexibility index (Phi) is 5.22. The Morgan fingerprint density at radius 3 is 2.65 bits per heavy atom. The molecule has 0 aromatic heterocycles. The lowest BCUT2D eigenvalue weighted by atomic mass is 10.1.